The Kier molecular flexibility index (Phi) is 8.07. The molecular weight excluding hydrogens is 305 g/mol. The molecule has 4 nitrogen and oxygen atoms in total. The highest BCUT2D eigenvalue weighted by Crippen LogP contribution is 2.50. The third-order valence-electron chi connectivity index (χ3n) is 2.51. The first kappa shape index (κ1) is 17.0. The number of nitrogens with zero attached hydrogens (tertiary/aromatic N) is 1. The summed E-state index contributed by atoms with van der Waals surface area (Å²) in [4.78, 5) is 1.18. The Hall–Kier alpha value is -0.0300. The summed E-state index contributed by atoms with van der Waals surface area (Å²) >= 11 is 7.43. The molecule has 1 aromatic carbocycles. The molecule has 1 rings (SSSR count). The molecule has 0 N–H and O–H groups in total. The van der Waals surface area contributed by atoms with Crippen molar-refractivity contribution < 1.29 is 13.6 Å². The molecule has 0 atom stereocenters. The van der Waals surface area contributed by atoms with Crippen LogP contribution in [-0.4, -0.2) is 43.6 Å². The Bertz CT molecular complexity index is 399. The molecule has 0 aromatic heterocycles. The van der Waals surface area contributed by atoms with Crippen molar-refractivity contribution in [2.24, 2.45) is 0 Å². The van der Waals surface area contributed by atoms with Crippen molar-refractivity contribution in [2.45, 2.75) is 4.90 Å². The molecule has 0 saturated heterocycles. The van der Waals surface area contributed by atoms with Gasteiger partial charge in [-0.05, 0) is 12.1 Å². The number of hydrogen-bond acceptors (Lipinski definition) is 4. The van der Waals surface area contributed by atoms with Crippen molar-refractivity contribution in [3.63, 3.8) is 0 Å². The summed E-state index contributed by atoms with van der Waals surface area (Å²) in [7, 11) is -0.424. The zero-order chi connectivity index (χ0) is 14.1. The van der Waals surface area contributed by atoms with E-state index in [-0.39, 0.29) is 0 Å². The molecule has 0 spiro atoms. The van der Waals surface area contributed by atoms with E-state index in [2.05, 4.69) is 0 Å². The van der Waals surface area contributed by atoms with E-state index in [0.717, 1.165) is 5.75 Å². The highest BCUT2D eigenvalue weighted by Gasteiger charge is 2.30. The third kappa shape index (κ3) is 5.46. The standard InChI is InChI=1S/C12H19ClNO3PS/c1-16-18(15,17-2)14(9-8-13)10-11-19-12-6-4-3-5-7-12/h3-7H,8-11H2,1-2H3. The van der Waals surface area contributed by atoms with Gasteiger partial charge in [0.15, 0.2) is 0 Å². The number of alkyl halides is 1. The number of halogens is 1. The summed E-state index contributed by atoms with van der Waals surface area (Å²) < 4.78 is 24.0. The van der Waals surface area contributed by atoms with Gasteiger partial charge >= 0.3 is 7.75 Å². The van der Waals surface area contributed by atoms with Gasteiger partial charge in [-0.2, -0.15) is 0 Å². The van der Waals surface area contributed by atoms with Gasteiger partial charge in [-0.1, -0.05) is 18.2 Å². The number of rotatable bonds is 9. The van der Waals surface area contributed by atoms with Crippen molar-refractivity contribution >= 4 is 31.1 Å². The molecule has 108 valence electrons. The molecule has 0 radical (unpaired) electrons. The lowest BCUT2D eigenvalue weighted by molar-refractivity contribution is 0.215. The molecule has 0 amide bonds. The van der Waals surface area contributed by atoms with Crippen LogP contribution in [0.25, 0.3) is 0 Å². The Labute approximate surface area is 124 Å². The summed E-state index contributed by atoms with van der Waals surface area (Å²) in [6, 6.07) is 10.1. The van der Waals surface area contributed by atoms with Gasteiger partial charge < -0.3 is 0 Å². The molecule has 7 heteroatoms. The Balaban J connectivity index is 2.53. The second-order valence-electron chi connectivity index (χ2n) is 3.64. The monoisotopic (exact) mass is 323 g/mol. The fourth-order valence-corrected chi connectivity index (χ4v) is 4.20. The van der Waals surface area contributed by atoms with E-state index in [0.29, 0.717) is 19.0 Å². The molecule has 0 aliphatic heterocycles. The van der Waals surface area contributed by atoms with Gasteiger partial charge in [-0.15, -0.1) is 23.4 Å². The Morgan fingerprint density at radius 3 is 2.37 bits per heavy atom. The zero-order valence-electron chi connectivity index (χ0n) is 11.1. The van der Waals surface area contributed by atoms with Gasteiger partial charge in [0.25, 0.3) is 0 Å². The maximum Gasteiger partial charge on any atom is 0.407 e. The summed E-state index contributed by atoms with van der Waals surface area (Å²) in [5, 5.41) is 0. The van der Waals surface area contributed by atoms with Gasteiger partial charge in [-0.3, -0.25) is 9.05 Å². The van der Waals surface area contributed by atoms with E-state index in [1.165, 1.54) is 19.1 Å². The first-order valence-electron chi connectivity index (χ1n) is 5.87. The van der Waals surface area contributed by atoms with Crippen molar-refractivity contribution in [1.82, 2.24) is 4.67 Å². The number of thioether (sulfide) groups is 1. The predicted octanol–water partition coefficient (Wildman–Crippen LogP) is 3.72. The van der Waals surface area contributed by atoms with Crippen LogP contribution in [0.15, 0.2) is 35.2 Å². The average molecular weight is 324 g/mol. The Morgan fingerprint density at radius 1 is 1.21 bits per heavy atom. The van der Waals surface area contributed by atoms with E-state index < -0.39 is 7.75 Å². The topological polar surface area (TPSA) is 38.8 Å². The van der Waals surface area contributed by atoms with Gasteiger partial charge in [0.1, 0.15) is 0 Å². The van der Waals surface area contributed by atoms with E-state index in [9.17, 15) is 4.57 Å². The molecule has 0 aliphatic rings. The van der Waals surface area contributed by atoms with Gasteiger partial charge in [0.2, 0.25) is 0 Å². The van der Waals surface area contributed by atoms with Crippen LogP contribution in [0.5, 0.6) is 0 Å². The molecular formula is C12H19ClNO3PS. The second-order valence-corrected chi connectivity index (χ2v) is 7.42. The molecule has 1 aromatic rings. The largest absolute Gasteiger partial charge is 0.407 e. The predicted molar refractivity (Wildman–Crippen MR) is 81.1 cm³/mol. The van der Waals surface area contributed by atoms with E-state index in [1.54, 1.807) is 16.4 Å². The van der Waals surface area contributed by atoms with Crippen molar-refractivity contribution in [3.8, 4) is 0 Å². The van der Waals surface area contributed by atoms with Crippen LogP contribution in [-0.2, 0) is 13.6 Å². The minimum Gasteiger partial charge on any atom is -0.300 e. The van der Waals surface area contributed by atoms with Crippen molar-refractivity contribution in [3.05, 3.63) is 30.3 Å². The average Bonchev–Trinajstić information content (AvgIpc) is 2.46. The summed E-state index contributed by atoms with van der Waals surface area (Å²) in [6.07, 6.45) is 0. The van der Waals surface area contributed by atoms with E-state index in [1.807, 2.05) is 30.3 Å². The molecule has 19 heavy (non-hydrogen) atoms. The fourth-order valence-electron chi connectivity index (χ4n) is 1.55. The van der Waals surface area contributed by atoms with Crippen molar-refractivity contribution in [1.29, 1.82) is 0 Å². The SMILES string of the molecule is COP(=O)(OC)N(CCCl)CCSc1ccccc1. The normalized spacial score (nSPS) is 12.0. The van der Waals surface area contributed by atoms with Crippen molar-refractivity contribution in [2.75, 3.05) is 38.9 Å². The third-order valence-corrected chi connectivity index (χ3v) is 5.69. The maximum atomic E-state index is 12.3. The maximum absolute atomic E-state index is 12.3. The smallest absolute Gasteiger partial charge is 0.300 e. The van der Waals surface area contributed by atoms with Crippen LogP contribution in [0.3, 0.4) is 0 Å². The van der Waals surface area contributed by atoms with Gasteiger partial charge in [-0.25, -0.2) is 9.24 Å². The van der Waals surface area contributed by atoms with Crippen LogP contribution in [0.4, 0.5) is 0 Å². The zero-order valence-corrected chi connectivity index (χ0v) is 13.6. The summed E-state index contributed by atoms with van der Waals surface area (Å²) in [5.41, 5.74) is 0. The minimum absolute atomic E-state index is 0.382. The van der Waals surface area contributed by atoms with Crippen LogP contribution in [0, 0.1) is 0 Å². The molecule has 0 fully saturated rings. The second kappa shape index (κ2) is 9.01. The Morgan fingerprint density at radius 2 is 1.84 bits per heavy atom. The van der Waals surface area contributed by atoms with Crippen LogP contribution < -0.4 is 0 Å². The van der Waals surface area contributed by atoms with Gasteiger partial charge in [0, 0.05) is 43.8 Å². The fraction of sp³-hybridized carbons (Fsp3) is 0.500. The molecule has 0 aliphatic carbocycles. The lowest BCUT2D eigenvalue weighted by Gasteiger charge is -2.27. The molecule has 0 unspecified atom stereocenters. The van der Waals surface area contributed by atoms with Crippen LogP contribution in [0.2, 0.25) is 0 Å². The number of hydrogen-bond donors (Lipinski definition) is 0. The summed E-state index contributed by atoms with van der Waals surface area (Å²) in [5.74, 6) is 1.17. The van der Waals surface area contributed by atoms with Crippen LogP contribution >= 0.6 is 31.1 Å². The lowest BCUT2D eigenvalue weighted by atomic mass is 10.4. The minimum atomic E-state index is -3.19. The summed E-state index contributed by atoms with van der Waals surface area (Å²) in [6.45, 7) is 1.06. The van der Waals surface area contributed by atoms with Gasteiger partial charge in [0.05, 0.1) is 0 Å². The highest BCUT2D eigenvalue weighted by atomic mass is 35.5. The lowest BCUT2D eigenvalue weighted by Crippen LogP contribution is -2.26. The molecule has 0 heterocycles. The van der Waals surface area contributed by atoms with E-state index in [4.69, 9.17) is 20.6 Å². The quantitative estimate of drug-likeness (QED) is 0.393. The first-order chi connectivity index (χ1) is 9.16. The molecule has 0 saturated carbocycles. The van der Waals surface area contributed by atoms with Crippen LogP contribution in [0.1, 0.15) is 0 Å². The number of benzene rings is 1. The van der Waals surface area contributed by atoms with E-state index >= 15 is 0 Å². The highest BCUT2D eigenvalue weighted by molar-refractivity contribution is 7.99. The molecule has 0 bridgehead atoms. The first-order valence-corrected chi connectivity index (χ1v) is 8.88.